The summed E-state index contributed by atoms with van der Waals surface area (Å²) in [6, 6.07) is 2.10. The normalized spacial score (nSPS) is 27.7. The van der Waals surface area contributed by atoms with E-state index in [2.05, 4.69) is 61.7 Å². The SMILES string of the molecule is CC(=O)N[C@@H]1[C@H](O[C@@H]2c3ccc(c(Cl)c3)Oc3cc4cc(c3O[C@@H]3O[C@@H](CO)[C@@H](O)[C@H](O)[C@@H]3NC(=O)CCCCCCC(C)C)Oc3ccc(cc3Cl)C[C@H]3NC(=O)[C@H](N)c5ccc(O)c(c5)Oc5cc(O)cc(c5)[C@H](NC3=O)C(=O)N[C@H]4C(=O)N[C@H]3C(=O)N[C@@H]2C(=O)N[C@H](C(=O)NCCCCCCCN(C)C)c2cc(O)cc(O[C@H]4O[C@H](CO)[C@@H](O)[C@@H](O)[C@@H]4O)c2-c2cc3ccc2O)O[C@@H](CO)[C@@H](O)[C@@H]1O. The van der Waals surface area contributed by atoms with Gasteiger partial charge in [0.1, 0.15) is 162 Å². The van der Waals surface area contributed by atoms with Crippen LogP contribution < -0.4 is 77.3 Å². The van der Waals surface area contributed by atoms with E-state index in [1.54, 1.807) is 0 Å². The predicted molar refractivity (Wildman–Crippen MR) is 500 cm³/mol. The Morgan fingerprint density at radius 2 is 1.06 bits per heavy atom. The Morgan fingerprint density at radius 1 is 0.500 bits per heavy atom. The van der Waals surface area contributed by atoms with Crippen LogP contribution in [0, 0.1) is 5.92 Å². The third kappa shape index (κ3) is 24.5. The number of halogens is 2. The quantitative estimate of drug-likeness (QED) is 0.0329. The number of carbonyl (C=O) groups is 9. The smallest absolute Gasteiger partial charge is 0.248 e. The van der Waals surface area contributed by atoms with Gasteiger partial charge in [0.05, 0.1) is 29.9 Å². The number of aromatic hydroxyl groups is 4. The van der Waals surface area contributed by atoms with Crippen molar-refractivity contribution in [3.8, 4) is 80.1 Å². The van der Waals surface area contributed by atoms with Gasteiger partial charge in [0, 0.05) is 49.6 Å². The minimum atomic E-state index is -2.52. The first kappa shape index (κ1) is 106. The second kappa shape index (κ2) is 46.5. The Kier molecular flexibility index (Phi) is 34.6. The van der Waals surface area contributed by atoms with Crippen LogP contribution in [0.1, 0.15) is 167 Å². The van der Waals surface area contributed by atoms with Crippen LogP contribution in [0.4, 0.5) is 0 Å². The second-order valence-electron chi connectivity index (χ2n) is 36.7. The molecule has 7 aromatic rings. The first-order valence-corrected chi connectivity index (χ1v) is 47.3. The molecule has 7 aromatic carbocycles. The van der Waals surface area contributed by atoms with Crippen molar-refractivity contribution in [2.45, 2.75) is 238 Å². The van der Waals surface area contributed by atoms with E-state index in [0.29, 0.717) is 38.0 Å². The number of nitrogens with zero attached hydrogens (tertiary/aromatic N) is 1. The van der Waals surface area contributed by atoms with E-state index < -0.39 is 304 Å². The minimum Gasteiger partial charge on any atom is -0.508 e. The number of ether oxygens (including phenoxy) is 9. The van der Waals surface area contributed by atoms with Gasteiger partial charge in [0.25, 0.3) is 0 Å². The second-order valence-corrected chi connectivity index (χ2v) is 37.5. The number of phenols is 4. The summed E-state index contributed by atoms with van der Waals surface area (Å²) in [6.45, 7) is 2.73. The Balaban J connectivity index is 1.03. The zero-order valence-corrected chi connectivity index (χ0v) is 79.2. The number of phenolic OH excluding ortho intramolecular Hbond substituents is 4. The van der Waals surface area contributed by atoms with Crippen LogP contribution in [0.25, 0.3) is 11.1 Å². The highest BCUT2D eigenvalue weighted by Gasteiger charge is 2.53. The first-order chi connectivity index (χ1) is 67.8. The lowest BCUT2D eigenvalue weighted by molar-refractivity contribution is -0.284. The zero-order valence-electron chi connectivity index (χ0n) is 77.7. The molecular weight excluding hydrogens is 1900 g/mol. The number of hydrogen-bond donors (Lipinski definition) is 24. The van der Waals surface area contributed by atoms with Gasteiger partial charge in [0.15, 0.2) is 29.3 Å². The molecule has 0 radical (unpaired) electrons. The van der Waals surface area contributed by atoms with E-state index in [1.165, 1.54) is 36.4 Å². The number of aliphatic hydroxyl groups excluding tert-OH is 10. The molecule has 0 aromatic heterocycles. The van der Waals surface area contributed by atoms with Crippen molar-refractivity contribution in [3.63, 3.8) is 0 Å². The minimum absolute atomic E-state index is 0.0347. The molecule has 9 aliphatic heterocycles. The number of nitrogens with one attached hydrogen (secondary N) is 9. The molecule has 766 valence electrons. The van der Waals surface area contributed by atoms with Gasteiger partial charge < -0.3 is 173 Å². The number of carbonyl (C=O) groups excluding carboxylic acids is 9. The highest BCUT2D eigenvalue weighted by atomic mass is 35.5. The van der Waals surface area contributed by atoms with E-state index in [-0.39, 0.29) is 57.5 Å². The maximum absolute atomic E-state index is 17.2. The van der Waals surface area contributed by atoms with Gasteiger partial charge in [-0.3, -0.25) is 43.2 Å². The molecule has 0 unspecified atom stereocenters. The van der Waals surface area contributed by atoms with Crippen molar-refractivity contribution >= 4 is 76.4 Å². The monoisotopic (exact) mass is 2020 g/mol. The van der Waals surface area contributed by atoms with Gasteiger partial charge in [-0.25, -0.2) is 0 Å². The third-order valence-electron chi connectivity index (χ3n) is 25.5. The number of unbranched alkanes of at least 4 members (excludes halogenated alkanes) is 7. The van der Waals surface area contributed by atoms with Crippen molar-refractivity contribution in [2.24, 2.45) is 11.7 Å². The molecule has 3 saturated heterocycles. The molecule has 23 atom stereocenters. The van der Waals surface area contributed by atoms with Crippen molar-refractivity contribution in [3.05, 3.63) is 164 Å². The van der Waals surface area contributed by atoms with E-state index >= 15 is 28.8 Å². The van der Waals surface area contributed by atoms with E-state index in [0.717, 1.165) is 124 Å². The molecule has 45 heteroatoms. The number of benzene rings is 7. The highest BCUT2D eigenvalue weighted by molar-refractivity contribution is 6.32. The van der Waals surface area contributed by atoms with Gasteiger partial charge in [-0.05, 0) is 164 Å². The van der Waals surface area contributed by atoms with Crippen LogP contribution in [0.3, 0.4) is 0 Å². The van der Waals surface area contributed by atoms with E-state index in [9.17, 15) is 85.9 Å². The summed E-state index contributed by atoms with van der Waals surface area (Å²) in [5, 5.41) is 185. The van der Waals surface area contributed by atoms with Crippen LogP contribution in [-0.2, 0) is 68.5 Å². The highest BCUT2D eigenvalue weighted by Crippen LogP contribution is 2.51. The lowest BCUT2D eigenvalue weighted by Crippen LogP contribution is -2.65. The number of amides is 9. The summed E-state index contributed by atoms with van der Waals surface area (Å²) in [5.74, 6) is -17.5. The zero-order chi connectivity index (χ0) is 102. The van der Waals surface area contributed by atoms with Crippen LogP contribution in [0.15, 0.2) is 115 Å². The summed E-state index contributed by atoms with van der Waals surface area (Å²) < 4.78 is 58.4. The van der Waals surface area contributed by atoms with Crippen molar-refractivity contribution in [1.82, 2.24) is 52.8 Å². The number of hydrogen-bond acceptors (Lipinski definition) is 34. The van der Waals surface area contributed by atoms with Crippen LogP contribution in [0.2, 0.25) is 10.0 Å². The molecule has 0 spiro atoms. The number of nitrogens with two attached hydrogens (primary N) is 1. The third-order valence-corrected chi connectivity index (χ3v) is 26.1. The molecule has 9 heterocycles. The lowest BCUT2D eigenvalue weighted by Gasteiger charge is -2.44. The molecule has 142 heavy (non-hydrogen) atoms. The van der Waals surface area contributed by atoms with Crippen LogP contribution >= 0.6 is 23.2 Å². The van der Waals surface area contributed by atoms with Gasteiger partial charge in [-0.15, -0.1) is 0 Å². The van der Waals surface area contributed by atoms with E-state index in [1.807, 2.05) is 19.0 Å². The maximum atomic E-state index is 17.2. The van der Waals surface area contributed by atoms with Crippen molar-refractivity contribution in [1.29, 1.82) is 0 Å². The summed E-state index contributed by atoms with van der Waals surface area (Å²) in [4.78, 5) is 144. The molecule has 3 fully saturated rings. The molecule has 9 aliphatic rings. The summed E-state index contributed by atoms with van der Waals surface area (Å²) in [5.41, 5.74) is 3.50. The van der Waals surface area contributed by atoms with Gasteiger partial charge in [-0.2, -0.15) is 0 Å². The van der Waals surface area contributed by atoms with Gasteiger partial charge in [-0.1, -0.05) is 106 Å². The largest absolute Gasteiger partial charge is 0.508 e. The lowest BCUT2D eigenvalue weighted by atomic mass is 9.89. The molecule has 17 bridgehead atoms. The molecule has 9 amide bonds. The first-order valence-electron chi connectivity index (χ1n) is 46.5. The summed E-state index contributed by atoms with van der Waals surface area (Å²) in [7, 11) is 3.85. The van der Waals surface area contributed by atoms with Crippen molar-refractivity contribution < 1.29 is 157 Å². The van der Waals surface area contributed by atoms with E-state index in [4.69, 9.17) is 71.6 Å². The van der Waals surface area contributed by atoms with Gasteiger partial charge in [0.2, 0.25) is 71.5 Å². The number of aliphatic hydroxyl groups is 10. The van der Waals surface area contributed by atoms with Gasteiger partial charge >= 0.3 is 0 Å². The predicted octanol–water partition coefficient (Wildman–Crippen LogP) is 2.56. The summed E-state index contributed by atoms with van der Waals surface area (Å²) in [6.07, 6.45) is -22.4. The fourth-order valence-electron chi connectivity index (χ4n) is 17.9. The fourth-order valence-corrected chi connectivity index (χ4v) is 18.4. The Hall–Kier alpha value is -12.1. The topological polar surface area (TPSA) is 657 Å². The number of rotatable bonds is 27. The molecule has 43 nitrogen and oxygen atoms in total. The molecular formula is C97H117Cl2N11O32. The standard InChI is InChI=1S/C97H117Cl2N11O32/c1-42(2)15-11-7-8-12-16-69(119)104-77-83(124)80(121)67(40-112)139-96(77)142-87-64-34-49-35-65(87)136-61-24-20-47(32-56(61)99)86(141-95-76(102-43(3)114)82(123)79(120)66(39-111)138-95)78-94(133)108-75(90(129)101-25-13-9-6-10-14-26-110(4)5)54-37-51(116)38-63(137-97-85(126)84(125)81(122)68(41-113)140-97)70(54)53-31-46(19-21-58(53)117)72(91(130)109-78)106-93(132)74(49)107-92(131)73-48-29-50(115)36-52(30-48)134-62-33-45(18-22-59(62)118)71(100)89(128)103-57(88(127)105-73)28-44-17-23-60(135-64)55(98)27-44/h17-24,27,29-38,42,57,66-68,71-86,95-97,111-113,115-118,120-126H,6-16,25-26,28,39-41,100H2,1-5H3,(H,101,129)(H,102,114)(H,103,128)(H,104,119)(H,105,127)(H,106,132)(H,107,131)(H,108,133)(H,109,130)/t57-,66+,67+,68-,71-,72-,73+,74-,75+,76+,77+,78+,79-,80-,81-,82-,83-,84-,85+,86-,95+,96+,97+/m1/s1. The van der Waals surface area contributed by atoms with Crippen molar-refractivity contribution in [2.75, 3.05) is 47.0 Å². The average molecular weight is 2020 g/mol. The van der Waals surface area contributed by atoms with Crippen LogP contribution in [-0.4, -0.2) is 281 Å². The Bertz CT molecular complexity index is 5790. The molecule has 0 aliphatic carbocycles. The molecule has 16 rings (SSSR count). The Labute approximate surface area is 823 Å². The summed E-state index contributed by atoms with van der Waals surface area (Å²) >= 11 is 14.9. The molecule has 0 saturated carbocycles. The maximum Gasteiger partial charge on any atom is 0.248 e. The molecule has 25 N–H and O–H groups in total. The number of fused-ring (bicyclic) bond motifs is 14. The average Bonchev–Trinajstić information content (AvgIpc) is 0.748. The van der Waals surface area contributed by atoms with Crippen LogP contribution in [0.5, 0.6) is 69.0 Å². The fraction of sp³-hybridized carbons (Fsp3) is 0.474. The Morgan fingerprint density at radius 3 is 1.70 bits per heavy atom.